The Kier molecular flexibility index (Phi) is 4.75. The van der Waals surface area contributed by atoms with Gasteiger partial charge in [-0.2, -0.15) is 5.26 Å². The van der Waals surface area contributed by atoms with E-state index in [0.717, 1.165) is 3.57 Å². The molecule has 2 aromatic carbocycles. The number of hydrogen-bond acceptors (Lipinski definition) is 4. The largest absolute Gasteiger partial charge is 0.293 e. The van der Waals surface area contributed by atoms with Crippen molar-refractivity contribution < 1.29 is 13.2 Å². The van der Waals surface area contributed by atoms with E-state index < -0.39 is 21.4 Å². The van der Waals surface area contributed by atoms with Gasteiger partial charge >= 0.3 is 0 Å². The molecule has 0 radical (unpaired) electrons. The maximum atomic E-state index is 12.2. The second-order valence-corrected chi connectivity index (χ2v) is 7.56. The molecule has 0 bridgehead atoms. The lowest BCUT2D eigenvalue weighted by molar-refractivity contribution is 0.102. The van der Waals surface area contributed by atoms with Crippen LogP contribution in [0.5, 0.6) is 0 Å². The molecular weight excluding hydrogens is 401 g/mol. The number of halogens is 1. The van der Waals surface area contributed by atoms with Crippen molar-refractivity contribution >= 4 is 38.2 Å². The summed E-state index contributed by atoms with van der Waals surface area (Å²) in [5.74, 6) is -1.07. The lowest BCUT2D eigenvalue weighted by Crippen LogP contribution is -2.16. The average Bonchev–Trinajstić information content (AvgIpc) is 2.47. The average molecular weight is 411 g/mol. The van der Waals surface area contributed by atoms with Gasteiger partial charge in [-0.15, -0.1) is 0 Å². The molecule has 0 N–H and O–H groups in total. The van der Waals surface area contributed by atoms with E-state index in [1.165, 1.54) is 36.4 Å². The van der Waals surface area contributed by atoms with Gasteiger partial charge in [0.05, 0.1) is 16.5 Å². The van der Waals surface area contributed by atoms with Gasteiger partial charge in [-0.3, -0.25) is 4.79 Å². The predicted molar refractivity (Wildman–Crippen MR) is 86.7 cm³/mol. The molecule has 0 aromatic heterocycles. The Hall–Kier alpha value is -1.72. The third-order valence-electron chi connectivity index (χ3n) is 2.83. The van der Waals surface area contributed by atoms with Gasteiger partial charge in [-0.1, -0.05) is 12.1 Å². The Morgan fingerprint density at radius 1 is 1.05 bits per heavy atom. The fourth-order valence-corrected chi connectivity index (χ4v) is 3.30. The number of benzene rings is 2. The second-order valence-electron chi connectivity index (χ2n) is 4.33. The van der Waals surface area contributed by atoms with E-state index in [2.05, 4.69) is 22.6 Å². The highest BCUT2D eigenvalue weighted by molar-refractivity contribution is 14.1. The van der Waals surface area contributed by atoms with E-state index in [0.29, 0.717) is 5.56 Å². The SMILES string of the molecule is N#Cc1ccc(C(=O)CS(=O)(=O)c2ccc(I)cc2)cc1. The summed E-state index contributed by atoms with van der Waals surface area (Å²) in [4.78, 5) is 12.2. The van der Waals surface area contributed by atoms with E-state index in [1.54, 1.807) is 12.1 Å². The number of nitriles is 1. The van der Waals surface area contributed by atoms with E-state index in [1.807, 2.05) is 6.07 Å². The van der Waals surface area contributed by atoms with Gasteiger partial charge in [-0.25, -0.2) is 8.42 Å². The van der Waals surface area contributed by atoms with Crippen molar-refractivity contribution in [2.75, 3.05) is 5.75 Å². The van der Waals surface area contributed by atoms with Crippen LogP contribution >= 0.6 is 22.6 Å². The standard InChI is InChI=1S/C15H10INO3S/c16-13-5-7-14(8-6-13)21(19,20)10-15(18)12-3-1-11(9-17)2-4-12/h1-8H,10H2. The molecule has 0 amide bonds. The highest BCUT2D eigenvalue weighted by atomic mass is 127. The first-order valence-electron chi connectivity index (χ1n) is 5.94. The number of sulfone groups is 1. The topological polar surface area (TPSA) is 75.0 Å². The number of carbonyl (C=O) groups excluding carboxylic acids is 1. The molecule has 2 aromatic rings. The molecule has 2 rings (SSSR count). The van der Waals surface area contributed by atoms with Crippen LogP contribution in [0.4, 0.5) is 0 Å². The summed E-state index contributed by atoms with van der Waals surface area (Å²) in [5, 5.41) is 8.69. The Morgan fingerprint density at radius 2 is 1.62 bits per heavy atom. The first kappa shape index (κ1) is 15.7. The van der Waals surface area contributed by atoms with Crippen LogP contribution in [-0.4, -0.2) is 20.0 Å². The minimum Gasteiger partial charge on any atom is -0.293 e. The zero-order valence-corrected chi connectivity index (χ0v) is 13.8. The molecule has 0 aliphatic heterocycles. The minimum atomic E-state index is -3.66. The normalized spacial score (nSPS) is 10.9. The first-order chi connectivity index (χ1) is 9.92. The number of hydrogen-bond donors (Lipinski definition) is 0. The fraction of sp³-hybridized carbons (Fsp3) is 0.0667. The number of nitrogens with zero attached hydrogens (tertiary/aromatic N) is 1. The van der Waals surface area contributed by atoms with Crippen LogP contribution < -0.4 is 0 Å². The molecular formula is C15H10INO3S. The van der Waals surface area contributed by atoms with Crippen molar-refractivity contribution in [1.29, 1.82) is 5.26 Å². The van der Waals surface area contributed by atoms with Gasteiger partial charge in [0.15, 0.2) is 15.6 Å². The third-order valence-corrected chi connectivity index (χ3v) is 5.18. The Morgan fingerprint density at radius 3 is 2.14 bits per heavy atom. The molecule has 4 nitrogen and oxygen atoms in total. The van der Waals surface area contributed by atoms with Crippen molar-refractivity contribution in [3.63, 3.8) is 0 Å². The van der Waals surface area contributed by atoms with E-state index in [-0.39, 0.29) is 10.5 Å². The fourth-order valence-electron chi connectivity index (χ4n) is 1.71. The molecule has 0 saturated heterocycles. The maximum Gasteiger partial charge on any atom is 0.185 e. The minimum absolute atomic E-state index is 0.130. The quantitative estimate of drug-likeness (QED) is 0.573. The van der Waals surface area contributed by atoms with Gasteiger partial charge in [0.1, 0.15) is 5.75 Å². The molecule has 21 heavy (non-hydrogen) atoms. The van der Waals surface area contributed by atoms with Gasteiger partial charge < -0.3 is 0 Å². The maximum absolute atomic E-state index is 12.2. The van der Waals surface area contributed by atoms with Gasteiger partial charge in [0, 0.05) is 9.13 Å². The number of ketones is 1. The van der Waals surface area contributed by atoms with Crippen LogP contribution in [-0.2, 0) is 9.84 Å². The van der Waals surface area contributed by atoms with Gasteiger partial charge in [0.2, 0.25) is 0 Å². The summed E-state index contributed by atoms with van der Waals surface area (Å²) in [5.41, 5.74) is 0.704. The van der Waals surface area contributed by atoms with Crippen molar-refractivity contribution in [3.8, 4) is 6.07 Å². The first-order valence-corrected chi connectivity index (χ1v) is 8.67. The van der Waals surface area contributed by atoms with E-state index >= 15 is 0 Å². The van der Waals surface area contributed by atoms with Gasteiger partial charge in [-0.05, 0) is 59.0 Å². The molecule has 0 fully saturated rings. The van der Waals surface area contributed by atoms with Crippen molar-refractivity contribution in [1.82, 2.24) is 0 Å². The van der Waals surface area contributed by atoms with Crippen LogP contribution in [0.1, 0.15) is 15.9 Å². The molecule has 106 valence electrons. The summed E-state index contributed by atoms with van der Waals surface area (Å²) in [6, 6.07) is 14.2. The Bertz CT molecular complexity index is 803. The second kappa shape index (κ2) is 6.37. The highest BCUT2D eigenvalue weighted by Gasteiger charge is 2.20. The van der Waals surface area contributed by atoms with Crippen LogP contribution in [0, 0.1) is 14.9 Å². The third kappa shape index (κ3) is 3.89. The summed E-state index contributed by atoms with van der Waals surface area (Å²) in [7, 11) is -3.66. The number of Topliss-reactive ketones (excluding diaryl/α,β-unsaturated/α-hetero) is 1. The zero-order valence-electron chi connectivity index (χ0n) is 10.8. The lowest BCUT2D eigenvalue weighted by Gasteiger charge is -2.04. The summed E-state index contributed by atoms with van der Waals surface area (Å²) >= 11 is 2.08. The molecule has 0 aliphatic carbocycles. The van der Waals surface area contributed by atoms with E-state index in [9.17, 15) is 13.2 Å². The van der Waals surface area contributed by atoms with E-state index in [4.69, 9.17) is 5.26 Å². The lowest BCUT2D eigenvalue weighted by atomic mass is 10.1. The summed E-state index contributed by atoms with van der Waals surface area (Å²) in [6.45, 7) is 0. The highest BCUT2D eigenvalue weighted by Crippen LogP contribution is 2.15. The van der Waals surface area contributed by atoms with Gasteiger partial charge in [0.25, 0.3) is 0 Å². The molecule has 0 heterocycles. The van der Waals surface area contributed by atoms with Crippen LogP contribution in [0.2, 0.25) is 0 Å². The predicted octanol–water partition coefficient (Wildman–Crippen LogP) is 2.82. The monoisotopic (exact) mass is 411 g/mol. The smallest absolute Gasteiger partial charge is 0.185 e. The molecule has 0 unspecified atom stereocenters. The van der Waals surface area contributed by atoms with Crippen molar-refractivity contribution in [2.45, 2.75) is 4.90 Å². The van der Waals surface area contributed by atoms with Crippen molar-refractivity contribution in [3.05, 3.63) is 63.2 Å². The molecule has 0 spiro atoms. The Labute approximate surface area is 136 Å². The summed E-state index contributed by atoms with van der Waals surface area (Å²) in [6.07, 6.45) is 0. The summed E-state index contributed by atoms with van der Waals surface area (Å²) < 4.78 is 25.3. The number of carbonyl (C=O) groups is 1. The van der Waals surface area contributed by atoms with Crippen LogP contribution in [0.3, 0.4) is 0 Å². The molecule has 0 saturated carbocycles. The number of rotatable bonds is 4. The zero-order chi connectivity index (χ0) is 15.5. The molecule has 0 aliphatic rings. The molecule has 6 heteroatoms. The Balaban J connectivity index is 2.21. The molecule has 0 atom stereocenters. The van der Waals surface area contributed by atoms with Crippen LogP contribution in [0.25, 0.3) is 0 Å². The van der Waals surface area contributed by atoms with Crippen LogP contribution in [0.15, 0.2) is 53.4 Å². The van der Waals surface area contributed by atoms with Crippen molar-refractivity contribution in [2.24, 2.45) is 0 Å².